The van der Waals surface area contributed by atoms with Crippen molar-refractivity contribution in [3.8, 4) is 11.3 Å². The first-order chi connectivity index (χ1) is 12.1. The van der Waals surface area contributed by atoms with E-state index >= 15 is 0 Å². The minimum atomic E-state index is -1.04. The van der Waals surface area contributed by atoms with Gasteiger partial charge in [-0.2, -0.15) is 0 Å². The van der Waals surface area contributed by atoms with Gasteiger partial charge in [-0.25, -0.2) is 0 Å². The summed E-state index contributed by atoms with van der Waals surface area (Å²) in [7, 11) is 0. The molecule has 1 atom stereocenters. The third-order valence-electron chi connectivity index (χ3n) is 4.19. The van der Waals surface area contributed by atoms with Crippen LogP contribution >= 0.6 is 0 Å². The lowest BCUT2D eigenvalue weighted by molar-refractivity contribution is -0.141. The van der Waals surface area contributed by atoms with Gasteiger partial charge in [-0.1, -0.05) is 48.5 Å². The van der Waals surface area contributed by atoms with Gasteiger partial charge in [0.15, 0.2) is 0 Å². The molecule has 0 spiro atoms. The molecule has 128 valence electrons. The van der Waals surface area contributed by atoms with Gasteiger partial charge in [-0.3, -0.25) is 9.59 Å². The number of hydrogen-bond acceptors (Lipinski definition) is 2. The van der Waals surface area contributed by atoms with Gasteiger partial charge in [0.05, 0.1) is 0 Å². The van der Waals surface area contributed by atoms with E-state index in [1.165, 1.54) is 6.92 Å². The summed E-state index contributed by atoms with van der Waals surface area (Å²) < 4.78 is 2.11. The van der Waals surface area contributed by atoms with E-state index in [1.54, 1.807) is 0 Å². The van der Waals surface area contributed by atoms with E-state index in [9.17, 15) is 9.59 Å². The molecule has 1 unspecified atom stereocenters. The van der Waals surface area contributed by atoms with Crippen LogP contribution in [-0.4, -0.2) is 27.6 Å². The molecule has 0 radical (unpaired) electrons. The Kier molecular flexibility index (Phi) is 4.84. The van der Waals surface area contributed by atoms with Crippen LogP contribution in [-0.2, 0) is 16.1 Å². The van der Waals surface area contributed by atoms with Gasteiger partial charge < -0.3 is 15.0 Å². The topological polar surface area (TPSA) is 71.3 Å². The highest BCUT2D eigenvalue weighted by Crippen LogP contribution is 2.28. The maximum Gasteiger partial charge on any atom is 0.325 e. The molecule has 0 bridgehead atoms. The highest BCUT2D eigenvalue weighted by atomic mass is 16.4. The first-order valence-corrected chi connectivity index (χ1v) is 8.22. The van der Waals surface area contributed by atoms with Crippen molar-refractivity contribution in [3.63, 3.8) is 0 Å². The van der Waals surface area contributed by atoms with Crippen LogP contribution in [0.2, 0.25) is 0 Å². The molecule has 0 saturated carbocycles. The van der Waals surface area contributed by atoms with Crippen molar-refractivity contribution < 1.29 is 14.7 Å². The number of rotatable bonds is 6. The van der Waals surface area contributed by atoms with E-state index in [1.807, 2.05) is 54.6 Å². The van der Waals surface area contributed by atoms with Crippen LogP contribution in [0.5, 0.6) is 0 Å². The van der Waals surface area contributed by atoms with E-state index in [2.05, 4.69) is 16.0 Å². The molecular formula is C20H20N2O3. The number of aliphatic carboxylic acids is 1. The summed E-state index contributed by atoms with van der Waals surface area (Å²) in [6.07, 6.45) is 0.218. The molecule has 3 rings (SSSR count). The number of hydrogen-bond donors (Lipinski definition) is 2. The van der Waals surface area contributed by atoms with Gasteiger partial charge in [0.2, 0.25) is 5.91 Å². The van der Waals surface area contributed by atoms with Crippen LogP contribution in [0.15, 0.2) is 60.7 Å². The number of aryl methyl sites for hydroxylation is 1. The molecule has 0 aliphatic rings. The second-order valence-electron chi connectivity index (χ2n) is 5.98. The van der Waals surface area contributed by atoms with Crippen LogP contribution in [0.25, 0.3) is 22.2 Å². The predicted molar refractivity (Wildman–Crippen MR) is 97.2 cm³/mol. The lowest BCUT2D eigenvalue weighted by Gasteiger charge is -2.13. The van der Waals surface area contributed by atoms with E-state index in [0.717, 1.165) is 22.2 Å². The molecular weight excluding hydrogens is 316 g/mol. The van der Waals surface area contributed by atoms with Gasteiger partial charge in [0.1, 0.15) is 6.04 Å². The van der Waals surface area contributed by atoms with Gasteiger partial charge in [-0.05, 0) is 24.6 Å². The molecule has 1 aromatic heterocycles. The number of carboxylic acid groups (broad SMARTS) is 1. The zero-order valence-corrected chi connectivity index (χ0v) is 14.0. The number of carbonyl (C=O) groups excluding carboxylic acids is 1. The van der Waals surface area contributed by atoms with Crippen molar-refractivity contribution in [2.24, 2.45) is 0 Å². The number of para-hydroxylation sites is 1. The van der Waals surface area contributed by atoms with Crippen molar-refractivity contribution in [2.45, 2.75) is 25.9 Å². The second-order valence-corrected chi connectivity index (χ2v) is 5.98. The number of carbonyl (C=O) groups is 2. The molecule has 5 heteroatoms. The average molecular weight is 336 g/mol. The third-order valence-corrected chi connectivity index (χ3v) is 4.19. The van der Waals surface area contributed by atoms with Crippen molar-refractivity contribution >= 4 is 22.8 Å². The first kappa shape index (κ1) is 16.8. The minimum absolute atomic E-state index is 0.218. The number of benzene rings is 2. The molecule has 1 heterocycles. The second kappa shape index (κ2) is 7.21. The lowest BCUT2D eigenvalue weighted by atomic mass is 10.1. The normalized spacial score (nSPS) is 12.0. The summed E-state index contributed by atoms with van der Waals surface area (Å²) in [5.74, 6) is -1.31. The number of carboxylic acids is 1. The number of amides is 1. The quantitative estimate of drug-likeness (QED) is 0.725. The first-order valence-electron chi connectivity index (χ1n) is 8.22. The van der Waals surface area contributed by atoms with Crippen molar-refractivity contribution in [1.82, 2.24) is 9.88 Å². The largest absolute Gasteiger partial charge is 0.480 e. The van der Waals surface area contributed by atoms with Crippen molar-refractivity contribution in [1.29, 1.82) is 0 Å². The molecule has 2 aromatic carbocycles. The summed E-state index contributed by atoms with van der Waals surface area (Å²) >= 11 is 0. The van der Waals surface area contributed by atoms with Gasteiger partial charge in [-0.15, -0.1) is 0 Å². The highest BCUT2D eigenvalue weighted by Gasteiger charge is 2.15. The predicted octanol–water partition coefficient (Wildman–Crippen LogP) is 3.29. The number of aromatic nitrogens is 1. The maximum atomic E-state index is 12.0. The van der Waals surface area contributed by atoms with Gasteiger partial charge in [0, 0.05) is 29.6 Å². The molecule has 0 fully saturated rings. The Morgan fingerprint density at radius 3 is 2.48 bits per heavy atom. The molecule has 0 aliphatic carbocycles. The Morgan fingerprint density at radius 1 is 1.08 bits per heavy atom. The molecule has 1 amide bonds. The monoisotopic (exact) mass is 336 g/mol. The molecule has 25 heavy (non-hydrogen) atoms. The number of nitrogens with one attached hydrogen (secondary N) is 1. The zero-order chi connectivity index (χ0) is 17.8. The highest BCUT2D eigenvalue weighted by molar-refractivity contribution is 5.87. The minimum Gasteiger partial charge on any atom is -0.480 e. The van der Waals surface area contributed by atoms with Crippen LogP contribution in [0.1, 0.15) is 13.3 Å². The van der Waals surface area contributed by atoms with E-state index in [0.29, 0.717) is 6.54 Å². The summed E-state index contributed by atoms with van der Waals surface area (Å²) in [6.45, 7) is 1.94. The fourth-order valence-corrected chi connectivity index (χ4v) is 2.89. The van der Waals surface area contributed by atoms with Crippen molar-refractivity contribution in [2.75, 3.05) is 0 Å². The Labute approximate surface area is 145 Å². The molecule has 5 nitrogen and oxygen atoms in total. The fourth-order valence-electron chi connectivity index (χ4n) is 2.89. The number of nitrogens with zero attached hydrogens (tertiary/aromatic N) is 1. The van der Waals surface area contributed by atoms with Crippen LogP contribution in [0.3, 0.4) is 0 Å². The van der Waals surface area contributed by atoms with Gasteiger partial charge in [0.25, 0.3) is 0 Å². The molecule has 3 aromatic rings. The molecule has 0 saturated heterocycles. The van der Waals surface area contributed by atoms with E-state index in [-0.39, 0.29) is 12.3 Å². The van der Waals surface area contributed by atoms with E-state index < -0.39 is 12.0 Å². The summed E-state index contributed by atoms with van der Waals surface area (Å²) in [4.78, 5) is 22.9. The zero-order valence-electron chi connectivity index (χ0n) is 14.0. The molecule has 0 aliphatic heterocycles. The maximum absolute atomic E-state index is 12.0. The van der Waals surface area contributed by atoms with Crippen LogP contribution < -0.4 is 5.32 Å². The summed E-state index contributed by atoms with van der Waals surface area (Å²) in [5.41, 5.74) is 3.18. The van der Waals surface area contributed by atoms with Crippen LogP contribution in [0.4, 0.5) is 0 Å². The third kappa shape index (κ3) is 3.71. The van der Waals surface area contributed by atoms with E-state index in [4.69, 9.17) is 5.11 Å². The van der Waals surface area contributed by atoms with Crippen molar-refractivity contribution in [3.05, 3.63) is 60.7 Å². The number of fused-ring (bicyclic) bond motifs is 1. The fraction of sp³-hybridized carbons (Fsp3) is 0.200. The smallest absolute Gasteiger partial charge is 0.325 e. The van der Waals surface area contributed by atoms with Gasteiger partial charge >= 0.3 is 5.97 Å². The lowest BCUT2D eigenvalue weighted by Crippen LogP contribution is -2.38. The Hall–Kier alpha value is -3.08. The standard InChI is InChI=1S/C20H20N2O3/c1-14(20(24)25)21-19(23)11-12-22-17-10-6-5-9-16(17)13-18(22)15-7-3-2-4-8-15/h2-10,13-14H,11-12H2,1H3,(H,21,23)(H,24,25). The Morgan fingerprint density at radius 2 is 1.76 bits per heavy atom. The SMILES string of the molecule is CC(NC(=O)CCn1c(-c2ccccc2)cc2ccccc21)C(=O)O. The Bertz CT molecular complexity index is 900. The average Bonchev–Trinajstić information content (AvgIpc) is 2.99. The Balaban J connectivity index is 1.87. The summed E-state index contributed by atoms with van der Waals surface area (Å²) in [5, 5.41) is 12.5. The molecule has 2 N–H and O–H groups in total. The summed E-state index contributed by atoms with van der Waals surface area (Å²) in [6, 6.07) is 19.3. The van der Waals surface area contributed by atoms with Crippen LogP contribution in [0, 0.1) is 0 Å².